The lowest BCUT2D eigenvalue weighted by molar-refractivity contribution is -0.113. The number of hydrogen-bond donors (Lipinski definition) is 2. The van der Waals surface area contributed by atoms with Crippen LogP contribution in [0.3, 0.4) is 0 Å². The second-order valence-corrected chi connectivity index (χ2v) is 6.69. The summed E-state index contributed by atoms with van der Waals surface area (Å²) < 4.78 is 0. The Morgan fingerprint density at radius 1 is 1.30 bits per heavy atom. The van der Waals surface area contributed by atoms with Gasteiger partial charge >= 0.3 is 0 Å². The van der Waals surface area contributed by atoms with E-state index in [1.807, 2.05) is 44.2 Å². The summed E-state index contributed by atoms with van der Waals surface area (Å²) in [6, 6.07) is 11.4. The summed E-state index contributed by atoms with van der Waals surface area (Å²) in [5.74, 6) is 0.239. The topological polar surface area (TPSA) is 57.8 Å². The minimum Gasteiger partial charge on any atom is -0.333 e. The van der Waals surface area contributed by atoms with E-state index in [-0.39, 0.29) is 5.91 Å². The molecule has 0 saturated heterocycles. The van der Waals surface area contributed by atoms with Gasteiger partial charge in [-0.25, -0.2) is 4.98 Å². The molecule has 1 aromatic heterocycles. The number of nitrogens with one attached hydrogen (secondary N) is 2. The molecule has 2 aromatic carbocycles. The van der Waals surface area contributed by atoms with Crippen LogP contribution in [0.15, 0.2) is 41.6 Å². The van der Waals surface area contributed by atoms with Crippen LogP contribution >= 0.6 is 23.4 Å². The minimum atomic E-state index is -0.0535. The van der Waals surface area contributed by atoms with Crippen LogP contribution in [0.1, 0.15) is 11.1 Å². The van der Waals surface area contributed by atoms with Crippen LogP contribution in [0.4, 0.5) is 5.69 Å². The number of nitrogens with zero attached hydrogens (tertiary/aromatic N) is 1. The molecule has 0 spiro atoms. The Kier molecular flexibility index (Phi) is 4.59. The van der Waals surface area contributed by atoms with E-state index < -0.39 is 0 Å². The maximum absolute atomic E-state index is 12.1. The quantitative estimate of drug-likeness (QED) is 0.681. The van der Waals surface area contributed by atoms with Crippen LogP contribution in [0.5, 0.6) is 0 Å². The molecule has 0 aliphatic rings. The molecule has 0 aliphatic heterocycles. The third-order valence-corrected chi connectivity index (χ3v) is 4.75. The smallest absolute Gasteiger partial charge is 0.234 e. The van der Waals surface area contributed by atoms with E-state index in [2.05, 4.69) is 15.3 Å². The molecule has 0 bridgehead atoms. The number of carbonyl (C=O) groups excluding carboxylic acids is 1. The Balaban J connectivity index is 1.65. The molecule has 0 saturated carbocycles. The van der Waals surface area contributed by atoms with E-state index in [1.165, 1.54) is 11.8 Å². The van der Waals surface area contributed by atoms with Gasteiger partial charge in [-0.3, -0.25) is 4.79 Å². The molecule has 0 atom stereocenters. The predicted octanol–water partition coefficient (Wildman–Crippen LogP) is 4.56. The Morgan fingerprint density at radius 2 is 2.13 bits per heavy atom. The van der Waals surface area contributed by atoms with Gasteiger partial charge in [0.15, 0.2) is 5.16 Å². The van der Waals surface area contributed by atoms with E-state index in [9.17, 15) is 4.79 Å². The Labute approximate surface area is 143 Å². The zero-order valence-corrected chi connectivity index (χ0v) is 14.4. The Hall–Kier alpha value is -1.98. The normalized spacial score (nSPS) is 10.9. The third kappa shape index (κ3) is 3.68. The number of rotatable bonds is 4. The van der Waals surface area contributed by atoms with Crippen molar-refractivity contribution in [2.24, 2.45) is 0 Å². The van der Waals surface area contributed by atoms with Crippen molar-refractivity contribution in [3.8, 4) is 0 Å². The van der Waals surface area contributed by atoms with E-state index in [1.54, 1.807) is 6.07 Å². The molecule has 2 N–H and O–H groups in total. The van der Waals surface area contributed by atoms with Crippen molar-refractivity contribution < 1.29 is 4.79 Å². The highest BCUT2D eigenvalue weighted by Gasteiger charge is 2.09. The van der Waals surface area contributed by atoms with Gasteiger partial charge < -0.3 is 10.3 Å². The second-order valence-electron chi connectivity index (χ2n) is 5.29. The number of benzene rings is 2. The summed E-state index contributed by atoms with van der Waals surface area (Å²) in [6.07, 6.45) is 0. The average molecular weight is 346 g/mol. The number of imidazole rings is 1. The van der Waals surface area contributed by atoms with Crippen molar-refractivity contribution >= 4 is 46.0 Å². The van der Waals surface area contributed by atoms with Gasteiger partial charge in [0.05, 0.1) is 16.8 Å². The molecule has 3 aromatic rings. The first kappa shape index (κ1) is 15.9. The average Bonchev–Trinajstić information content (AvgIpc) is 2.92. The van der Waals surface area contributed by atoms with Crippen molar-refractivity contribution in [1.29, 1.82) is 0 Å². The molecule has 0 fully saturated rings. The number of H-pyrrole nitrogens is 1. The number of aromatic amines is 1. The van der Waals surface area contributed by atoms with Gasteiger partial charge in [0, 0.05) is 10.7 Å². The Morgan fingerprint density at radius 3 is 2.96 bits per heavy atom. The summed E-state index contributed by atoms with van der Waals surface area (Å²) in [6.45, 7) is 4.03. The molecule has 0 aliphatic carbocycles. The van der Waals surface area contributed by atoms with Crippen molar-refractivity contribution in [3.63, 3.8) is 0 Å². The molecule has 3 rings (SSSR count). The van der Waals surface area contributed by atoms with Crippen LogP contribution in [-0.2, 0) is 4.79 Å². The highest BCUT2D eigenvalue weighted by Crippen LogP contribution is 2.23. The van der Waals surface area contributed by atoms with E-state index in [0.29, 0.717) is 15.9 Å². The Bertz CT molecular complexity index is 875. The molecule has 1 amide bonds. The number of halogens is 1. The highest BCUT2D eigenvalue weighted by molar-refractivity contribution is 7.99. The number of aromatic nitrogens is 2. The van der Waals surface area contributed by atoms with Gasteiger partial charge in [-0.05, 0) is 49.2 Å². The standard InChI is InChI=1S/C17H16ClN3OS/c1-10-4-3-5-13(11(10)2)19-16(22)9-23-17-20-14-7-6-12(18)8-15(14)21-17/h3-8H,9H2,1-2H3,(H,19,22)(H,20,21). The number of carbonyl (C=O) groups is 1. The highest BCUT2D eigenvalue weighted by atomic mass is 35.5. The van der Waals surface area contributed by atoms with E-state index in [4.69, 9.17) is 11.6 Å². The van der Waals surface area contributed by atoms with Gasteiger partial charge in [-0.15, -0.1) is 0 Å². The van der Waals surface area contributed by atoms with Crippen LogP contribution in [0.25, 0.3) is 11.0 Å². The lowest BCUT2D eigenvalue weighted by atomic mass is 10.1. The molecular weight excluding hydrogens is 330 g/mol. The molecule has 4 nitrogen and oxygen atoms in total. The predicted molar refractivity (Wildman–Crippen MR) is 96.4 cm³/mol. The van der Waals surface area contributed by atoms with Gasteiger partial charge in [0.2, 0.25) is 5.91 Å². The van der Waals surface area contributed by atoms with Gasteiger partial charge in [0.25, 0.3) is 0 Å². The summed E-state index contributed by atoms with van der Waals surface area (Å²) in [7, 11) is 0. The van der Waals surface area contributed by atoms with Crippen LogP contribution in [-0.4, -0.2) is 21.6 Å². The first-order valence-electron chi connectivity index (χ1n) is 7.17. The number of aryl methyl sites for hydroxylation is 1. The molecular formula is C17H16ClN3OS. The fourth-order valence-electron chi connectivity index (χ4n) is 2.23. The lowest BCUT2D eigenvalue weighted by Gasteiger charge is -2.09. The summed E-state index contributed by atoms with van der Waals surface area (Å²) in [5, 5.41) is 4.31. The molecule has 6 heteroatoms. The largest absolute Gasteiger partial charge is 0.333 e. The minimum absolute atomic E-state index is 0.0535. The van der Waals surface area contributed by atoms with Gasteiger partial charge in [-0.2, -0.15) is 0 Å². The third-order valence-electron chi connectivity index (χ3n) is 3.64. The molecule has 0 unspecified atom stereocenters. The second kappa shape index (κ2) is 6.64. The number of hydrogen-bond acceptors (Lipinski definition) is 3. The van der Waals surface area contributed by atoms with Crippen molar-refractivity contribution in [2.45, 2.75) is 19.0 Å². The van der Waals surface area contributed by atoms with Gasteiger partial charge in [0.1, 0.15) is 0 Å². The number of amides is 1. The first-order chi connectivity index (χ1) is 11.0. The summed E-state index contributed by atoms with van der Waals surface area (Å²) >= 11 is 7.32. The van der Waals surface area contributed by atoms with Crippen molar-refractivity contribution in [1.82, 2.24) is 9.97 Å². The van der Waals surface area contributed by atoms with E-state index in [0.717, 1.165) is 27.8 Å². The molecule has 0 radical (unpaired) electrons. The molecule has 1 heterocycles. The van der Waals surface area contributed by atoms with Crippen LogP contribution in [0.2, 0.25) is 5.02 Å². The van der Waals surface area contributed by atoms with E-state index >= 15 is 0 Å². The van der Waals surface area contributed by atoms with Gasteiger partial charge in [-0.1, -0.05) is 35.5 Å². The lowest BCUT2D eigenvalue weighted by Crippen LogP contribution is -2.15. The van der Waals surface area contributed by atoms with Crippen LogP contribution in [0, 0.1) is 13.8 Å². The van der Waals surface area contributed by atoms with Crippen molar-refractivity contribution in [2.75, 3.05) is 11.1 Å². The van der Waals surface area contributed by atoms with Crippen LogP contribution < -0.4 is 5.32 Å². The number of anilines is 1. The fraction of sp³-hybridized carbons (Fsp3) is 0.176. The summed E-state index contributed by atoms with van der Waals surface area (Å²) in [5.41, 5.74) is 4.81. The SMILES string of the molecule is Cc1cccc(NC(=O)CSc2nc3ccc(Cl)cc3[nH]2)c1C. The first-order valence-corrected chi connectivity index (χ1v) is 8.53. The zero-order valence-electron chi connectivity index (χ0n) is 12.8. The van der Waals surface area contributed by atoms with Crippen molar-refractivity contribution in [3.05, 3.63) is 52.5 Å². The summed E-state index contributed by atoms with van der Waals surface area (Å²) in [4.78, 5) is 19.7. The monoisotopic (exact) mass is 345 g/mol. The number of fused-ring (bicyclic) bond motifs is 1. The maximum atomic E-state index is 12.1. The molecule has 118 valence electrons. The fourth-order valence-corrected chi connectivity index (χ4v) is 3.09. The number of thioether (sulfide) groups is 1. The molecule has 23 heavy (non-hydrogen) atoms. The zero-order chi connectivity index (χ0) is 16.4. The maximum Gasteiger partial charge on any atom is 0.234 e.